The van der Waals surface area contributed by atoms with Gasteiger partial charge in [-0.1, -0.05) is 47.8 Å². The lowest BCUT2D eigenvalue weighted by Gasteiger charge is -2.17. The minimum absolute atomic E-state index is 0.389. The predicted octanol–water partition coefficient (Wildman–Crippen LogP) is 3.28. The maximum absolute atomic E-state index is 6.31. The number of nitrogens with two attached hydrogens (primary N) is 1. The van der Waals surface area contributed by atoms with Crippen molar-refractivity contribution in [2.24, 2.45) is 5.73 Å². The van der Waals surface area contributed by atoms with Crippen LogP contribution in [0.2, 0.25) is 0 Å². The van der Waals surface area contributed by atoms with E-state index >= 15 is 0 Å². The number of hydrogen-bond acceptors (Lipinski definition) is 4. The van der Waals surface area contributed by atoms with Crippen molar-refractivity contribution in [3.05, 3.63) is 47.1 Å². The summed E-state index contributed by atoms with van der Waals surface area (Å²) in [6.45, 7) is 2.07. The molecule has 2 aromatic rings. The Morgan fingerprint density at radius 1 is 1.15 bits per heavy atom. The normalized spacial score (nSPS) is 17.9. The first-order valence-electron chi connectivity index (χ1n) is 7.04. The molecule has 1 aliphatic carbocycles. The molecule has 1 aromatic carbocycles. The van der Waals surface area contributed by atoms with Gasteiger partial charge < -0.3 is 10.3 Å². The first-order chi connectivity index (χ1) is 9.66. The van der Waals surface area contributed by atoms with E-state index < -0.39 is 0 Å². The predicted molar refractivity (Wildman–Crippen MR) is 78.7 cm³/mol. The summed E-state index contributed by atoms with van der Waals surface area (Å²) >= 11 is 0. The number of aromatic nitrogens is 2. The molecular formula is C16H19N3O. The van der Waals surface area contributed by atoms with E-state index in [9.17, 15) is 0 Å². The molecule has 4 nitrogen and oxygen atoms in total. The van der Waals surface area contributed by atoms with Gasteiger partial charge in [-0.05, 0) is 31.4 Å². The largest absolute Gasteiger partial charge is 0.335 e. The molecule has 0 bridgehead atoms. The lowest BCUT2D eigenvalue weighted by atomic mass is 9.99. The van der Waals surface area contributed by atoms with Gasteiger partial charge in [0, 0.05) is 6.08 Å². The Kier molecular flexibility index (Phi) is 3.40. The molecule has 0 unspecified atom stereocenters. The summed E-state index contributed by atoms with van der Waals surface area (Å²) in [5, 5.41) is 4.03. The van der Waals surface area contributed by atoms with E-state index in [-0.39, 0.29) is 5.54 Å². The van der Waals surface area contributed by atoms with Gasteiger partial charge in [0.25, 0.3) is 5.89 Å². The number of hydrogen-bond donors (Lipinski definition) is 1. The molecule has 1 fully saturated rings. The molecule has 1 aliphatic rings. The maximum atomic E-state index is 6.31. The van der Waals surface area contributed by atoms with Gasteiger partial charge in [-0.2, -0.15) is 4.98 Å². The van der Waals surface area contributed by atoms with Crippen LogP contribution in [0.4, 0.5) is 0 Å². The fraction of sp³-hybridized carbons (Fsp3) is 0.375. The fourth-order valence-corrected chi connectivity index (χ4v) is 2.58. The Morgan fingerprint density at radius 3 is 2.55 bits per heavy atom. The fourth-order valence-electron chi connectivity index (χ4n) is 2.58. The lowest BCUT2D eigenvalue weighted by molar-refractivity contribution is 0.364. The van der Waals surface area contributed by atoms with Crippen molar-refractivity contribution < 1.29 is 4.52 Å². The van der Waals surface area contributed by atoms with Crippen LogP contribution in [-0.4, -0.2) is 10.1 Å². The topological polar surface area (TPSA) is 64.9 Å². The molecule has 0 aliphatic heterocycles. The molecule has 1 aromatic heterocycles. The first kappa shape index (κ1) is 13.1. The van der Waals surface area contributed by atoms with E-state index in [2.05, 4.69) is 41.3 Å². The number of rotatable bonds is 3. The summed E-state index contributed by atoms with van der Waals surface area (Å²) in [7, 11) is 0. The molecule has 1 saturated carbocycles. The Bertz CT molecular complexity index is 607. The van der Waals surface area contributed by atoms with E-state index in [0.717, 1.165) is 31.2 Å². The average Bonchev–Trinajstić information content (AvgIpc) is 3.08. The SMILES string of the molecule is Cc1ccc(/C=C/c2nc(C3(N)CCCC3)no2)cc1. The highest BCUT2D eigenvalue weighted by Gasteiger charge is 2.35. The molecule has 0 spiro atoms. The van der Waals surface area contributed by atoms with Crippen LogP contribution in [0.1, 0.15) is 48.5 Å². The van der Waals surface area contributed by atoms with E-state index in [1.165, 1.54) is 5.56 Å². The van der Waals surface area contributed by atoms with Gasteiger partial charge in [0.05, 0.1) is 5.54 Å². The molecule has 2 N–H and O–H groups in total. The van der Waals surface area contributed by atoms with Crippen molar-refractivity contribution in [3.8, 4) is 0 Å². The van der Waals surface area contributed by atoms with Gasteiger partial charge in [0.15, 0.2) is 5.82 Å². The first-order valence-corrected chi connectivity index (χ1v) is 7.04. The zero-order valence-electron chi connectivity index (χ0n) is 11.7. The van der Waals surface area contributed by atoms with Crippen LogP contribution in [0.25, 0.3) is 12.2 Å². The highest BCUT2D eigenvalue weighted by atomic mass is 16.5. The quantitative estimate of drug-likeness (QED) is 0.928. The van der Waals surface area contributed by atoms with Crippen molar-refractivity contribution in [2.75, 3.05) is 0 Å². The Labute approximate surface area is 118 Å². The zero-order valence-corrected chi connectivity index (χ0v) is 11.7. The van der Waals surface area contributed by atoms with Crippen LogP contribution < -0.4 is 5.73 Å². The van der Waals surface area contributed by atoms with Gasteiger partial charge in [0.1, 0.15) is 0 Å². The van der Waals surface area contributed by atoms with Gasteiger partial charge in [-0.15, -0.1) is 0 Å². The lowest BCUT2D eigenvalue weighted by Crippen LogP contribution is -2.34. The van der Waals surface area contributed by atoms with Gasteiger partial charge >= 0.3 is 0 Å². The van der Waals surface area contributed by atoms with E-state index in [4.69, 9.17) is 10.3 Å². The van der Waals surface area contributed by atoms with Crippen molar-refractivity contribution >= 4 is 12.2 Å². The third kappa shape index (κ3) is 2.65. The number of benzene rings is 1. The molecule has 0 saturated heterocycles. The zero-order chi connectivity index (χ0) is 14.0. The van der Waals surface area contributed by atoms with Gasteiger partial charge in [0.2, 0.25) is 0 Å². The van der Waals surface area contributed by atoms with Crippen molar-refractivity contribution in [2.45, 2.75) is 38.1 Å². The molecule has 104 valence electrons. The summed E-state index contributed by atoms with van der Waals surface area (Å²) in [5.74, 6) is 1.15. The van der Waals surface area contributed by atoms with Crippen LogP contribution in [0.3, 0.4) is 0 Å². The molecule has 3 rings (SSSR count). The monoisotopic (exact) mass is 269 g/mol. The Hall–Kier alpha value is -1.94. The molecule has 0 atom stereocenters. The standard InChI is InChI=1S/C16H19N3O/c1-12-4-6-13(7-5-12)8-9-14-18-15(19-20-14)16(17)10-2-3-11-16/h4-9H,2-3,10-11,17H2,1H3/b9-8+. The second-order valence-electron chi connectivity index (χ2n) is 5.56. The number of nitrogens with zero attached hydrogens (tertiary/aromatic N) is 2. The van der Waals surface area contributed by atoms with E-state index in [1.54, 1.807) is 0 Å². The summed E-state index contributed by atoms with van der Waals surface area (Å²) in [6, 6.07) is 8.27. The smallest absolute Gasteiger partial charge is 0.250 e. The van der Waals surface area contributed by atoms with Crippen molar-refractivity contribution in [1.29, 1.82) is 0 Å². The summed E-state index contributed by atoms with van der Waals surface area (Å²) in [4.78, 5) is 4.41. The molecular weight excluding hydrogens is 250 g/mol. The highest BCUT2D eigenvalue weighted by molar-refractivity contribution is 5.65. The summed E-state index contributed by atoms with van der Waals surface area (Å²) < 4.78 is 5.26. The third-order valence-electron chi connectivity index (χ3n) is 3.88. The third-order valence-corrected chi connectivity index (χ3v) is 3.88. The minimum atomic E-state index is -0.389. The number of aryl methyl sites for hydroxylation is 1. The van der Waals surface area contributed by atoms with E-state index in [0.29, 0.717) is 11.7 Å². The highest BCUT2D eigenvalue weighted by Crippen LogP contribution is 2.34. The summed E-state index contributed by atoms with van der Waals surface area (Å²) in [5.41, 5.74) is 8.27. The van der Waals surface area contributed by atoms with Crippen molar-refractivity contribution in [1.82, 2.24) is 10.1 Å². The second kappa shape index (κ2) is 5.21. The maximum Gasteiger partial charge on any atom is 0.250 e. The minimum Gasteiger partial charge on any atom is -0.335 e. The Morgan fingerprint density at radius 2 is 1.85 bits per heavy atom. The van der Waals surface area contributed by atoms with Crippen molar-refractivity contribution in [3.63, 3.8) is 0 Å². The Balaban J connectivity index is 1.75. The van der Waals surface area contributed by atoms with Crippen LogP contribution in [0.5, 0.6) is 0 Å². The molecule has 1 heterocycles. The van der Waals surface area contributed by atoms with Crippen LogP contribution in [0, 0.1) is 6.92 Å². The van der Waals surface area contributed by atoms with Crippen LogP contribution >= 0.6 is 0 Å². The molecule has 0 radical (unpaired) electrons. The van der Waals surface area contributed by atoms with E-state index in [1.807, 2.05) is 12.2 Å². The van der Waals surface area contributed by atoms with Gasteiger partial charge in [-0.3, -0.25) is 0 Å². The molecule has 20 heavy (non-hydrogen) atoms. The average molecular weight is 269 g/mol. The molecule has 4 heteroatoms. The summed E-state index contributed by atoms with van der Waals surface area (Å²) in [6.07, 6.45) is 7.95. The molecule has 0 amide bonds. The van der Waals surface area contributed by atoms with Crippen LogP contribution in [0.15, 0.2) is 28.8 Å². The van der Waals surface area contributed by atoms with Gasteiger partial charge in [-0.25, -0.2) is 0 Å². The van der Waals surface area contributed by atoms with Crippen LogP contribution in [-0.2, 0) is 5.54 Å². The second-order valence-corrected chi connectivity index (χ2v) is 5.56.